The third-order valence-electron chi connectivity index (χ3n) is 4.20. The molecule has 0 fully saturated rings. The van der Waals surface area contributed by atoms with Crippen LogP contribution >= 0.6 is 0 Å². The minimum Gasteiger partial charge on any atom is -0.482 e. The van der Waals surface area contributed by atoms with Gasteiger partial charge in [-0.05, 0) is 56.2 Å². The molecule has 0 spiro atoms. The largest absolute Gasteiger partial charge is 0.482 e. The van der Waals surface area contributed by atoms with Crippen molar-refractivity contribution in [3.8, 4) is 5.75 Å². The van der Waals surface area contributed by atoms with Gasteiger partial charge in [0, 0.05) is 0 Å². The van der Waals surface area contributed by atoms with Gasteiger partial charge in [-0.1, -0.05) is 24.3 Å². The molecule has 138 valence electrons. The van der Waals surface area contributed by atoms with Gasteiger partial charge in [-0.25, -0.2) is 9.18 Å². The van der Waals surface area contributed by atoms with Crippen LogP contribution in [-0.2, 0) is 15.0 Å². The number of carbonyl (C=O) groups excluding carboxylic acids is 1. The molecule has 2 N–H and O–H groups in total. The van der Waals surface area contributed by atoms with Crippen LogP contribution < -0.4 is 10.1 Å². The highest BCUT2D eigenvalue weighted by molar-refractivity contribution is 5.87. The lowest BCUT2D eigenvalue weighted by molar-refractivity contribution is -0.139. The van der Waals surface area contributed by atoms with E-state index in [9.17, 15) is 14.0 Å². The first-order chi connectivity index (χ1) is 12.2. The summed E-state index contributed by atoms with van der Waals surface area (Å²) in [6.07, 6.45) is 0. The highest BCUT2D eigenvalue weighted by atomic mass is 19.1. The zero-order valence-electron chi connectivity index (χ0n) is 15.0. The van der Waals surface area contributed by atoms with Gasteiger partial charge in [0.15, 0.2) is 6.61 Å². The first-order valence-corrected chi connectivity index (χ1v) is 8.21. The number of aliphatic carboxylic acids is 1. The molecule has 0 saturated carbocycles. The number of hydrogen-bond acceptors (Lipinski definition) is 3. The van der Waals surface area contributed by atoms with Crippen LogP contribution in [0.3, 0.4) is 0 Å². The molecule has 1 unspecified atom stereocenters. The third kappa shape index (κ3) is 4.81. The van der Waals surface area contributed by atoms with E-state index in [2.05, 4.69) is 5.32 Å². The number of carboxylic acid groups (broad SMARTS) is 1. The van der Waals surface area contributed by atoms with Gasteiger partial charge in [-0.3, -0.25) is 4.79 Å². The fourth-order valence-electron chi connectivity index (χ4n) is 2.47. The van der Waals surface area contributed by atoms with E-state index in [4.69, 9.17) is 9.84 Å². The summed E-state index contributed by atoms with van der Waals surface area (Å²) in [7, 11) is 0. The monoisotopic (exact) mass is 359 g/mol. The Hall–Kier alpha value is -2.89. The number of rotatable bonds is 7. The SMILES string of the molecule is CC(NC(=O)C(C)(C)c1cccc(F)c1)c1ccc(OCC(=O)O)cc1. The van der Waals surface area contributed by atoms with E-state index in [1.165, 1.54) is 12.1 Å². The number of carboxylic acids is 1. The zero-order valence-corrected chi connectivity index (χ0v) is 15.0. The van der Waals surface area contributed by atoms with Crippen LogP contribution in [0.2, 0.25) is 0 Å². The minimum absolute atomic E-state index is 0.221. The van der Waals surface area contributed by atoms with Crippen molar-refractivity contribution in [3.05, 3.63) is 65.5 Å². The van der Waals surface area contributed by atoms with Crippen molar-refractivity contribution in [2.24, 2.45) is 0 Å². The summed E-state index contributed by atoms with van der Waals surface area (Å²) in [5.41, 5.74) is 0.552. The van der Waals surface area contributed by atoms with Crippen molar-refractivity contribution in [1.82, 2.24) is 5.32 Å². The second-order valence-electron chi connectivity index (χ2n) is 6.58. The van der Waals surface area contributed by atoms with Crippen LogP contribution in [0.5, 0.6) is 5.75 Å². The van der Waals surface area contributed by atoms with E-state index in [-0.39, 0.29) is 17.8 Å². The summed E-state index contributed by atoms with van der Waals surface area (Å²) >= 11 is 0. The molecule has 2 rings (SSSR count). The molecular formula is C20H22FNO4. The highest BCUT2D eigenvalue weighted by Crippen LogP contribution is 2.26. The molecule has 0 saturated heterocycles. The number of carbonyl (C=O) groups is 2. The number of amides is 1. The van der Waals surface area contributed by atoms with Crippen molar-refractivity contribution >= 4 is 11.9 Å². The molecule has 0 aliphatic heterocycles. The predicted octanol–water partition coefficient (Wildman–Crippen LogP) is 3.44. The number of halogens is 1. The Balaban J connectivity index is 2.05. The first kappa shape index (κ1) is 19.4. The maximum Gasteiger partial charge on any atom is 0.341 e. The van der Waals surface area contributed by atoms with Crippen LogP contribution in [0, 0.1) is 5.82 Å². The number of ether oxygens (including phenoxy) is 1. The van der Waals surface area contributed by atoms with Crippen LogP contribution in [0.25, 0.3) is 0 Å². The molecule has 0 aromatic heterocycles. The van der Waals surface area contributed by atoms with Gasteiger partial charge in [-0.2, -0.15) is 0 Å². The van der Waals surface area contributed by atoms with Crippen LogP contribution in [0.4, 0.5) is 4.39 Å². The van der Waals surface area contributed by atoms with Crippen molar-refractivity contribution in [3.63, 3.8) is 0 Å². The van der Waals surface area contributed by atoms with Gasteiger partial charge < -0.3 is 15.2 Å². The van der Waals surface area contributed by atoms with E-state index in [1.54, 1.807) is 50.2 Å². The lowest BCUT2D eigenvalue weighted by Gasteiger charge is -2.27. The van der Waals surface area contributed by atoms with E-state index in [0.717, 1.165) is 5.56 Å². The molecule has 0 aliphatic rings. The van der Waals surface area contributed by atoms with Crippen LogP contribution in [0.15, 0.2) is 48.5 Å². The lowest BCUT2D eigenvalue weighted by atomic mass is 9.83. The maximum atomic E-state index is 13.5. The maximum absolute atomic E-state index is 13.5. The minimum atomic E-state index is -1.05. The van der Waals surface area contributed by atoms with Gasteiger partial charge in [0.1, 0.15) is 11.6 Å². The topological polar surface area (TPSA) is 75.6 Å². The number of nitrogens with one attached hydrogen (secondary N) is 1. The average Bonchev–Trinajstić information content (AvgIpc) is 2.60. The average molecular weight is 359 g/mol. The van der Waals surface area contributed by atoms with E-state index < -0.39 is 18.0 Å². The standard InChI is InChI=1S/C20H22FNO4/c1-13(14-7-9-17(10-8-14)26-12-18(23)24)22-19(25)20(2,3)15-5-4-6-16(21)11-15/h4-11,13H,12H2,1-3H3,(H,22,25)(H,23,24). The van der Waals surface area contributed by atoms with Gasteiger partial charge >= 0.3 is 5.97 Å². The van der Waals surface area contributed by atoms with Crippen LogP contribution in [-0.4, -0.2) is 23.6 Å². The van der Waals surface area contributed by atoms with E-state index in [0.29, 0.717) is 11.3 Å². The quantitative estimate of drug-likeness (QED) is 0.794. The summed E-state index contributed by atoms with van der Waals surface area (Å²) in [6.45, 7) is 4.92. The molecule has 0 aliphatic carbocycles. The summed E-state index contributed by atoms with van der Waals surface area (Å²) in [4.78, 5) is 23.2. The molecule has 26 heavy (non-hydrogen) atoms. The zero-order chi connectivity index (χ0) is 19.3. The van der Waals surface area contributed by atoms with Crippen molar-refractivity contribution in [1.29, 1.82) is 0 Å². The van der Waals surface area contributed by atoms with Gasteiger partial charge in [0.25, 0.3) is 0 Å². The smallest absolute Gasteiger partial charge is 0.341 e. The number of hydrogen-bond donors (Lipinski definition) is 2. The van der Waals surface area contributed by atoms with Crippen molar-refractivity contribution < 1.29 is 23.8 Å². The van der Waals surface area contributed by atoms with Crippen molar-refractivity contribution in [2.75, 3.05) is 6.61 Å². The molecular weight excluding hydrogens is 337 g/mol. The third-order valence-corrected chi connectivity index (χ3v) is 4.20. The summed E-state index contributed by atoms with van der Waals surface area (Å²) in [5.74, 6) is -1.21. The Labute approximate surface area is 151 Å². The van der Waals surface area contributed by atoms with E-state index in [1.807, 2.05) is 6.92 Å². The molecule has 6 heteroatoms. The first-order valence-electron chi connectivity index (χ1n) is 8.21. The molecule has 2 aromatic rings. The predicted molar refractivity (Wildman–Crippen MR) is 95.6 cm³/mol. The summed E-state index contributed by atoms with van der Waals surface area (Å²) in [6, 6.07) is 12.6. The molecule has 0 bridgehead atoms. The molecule has 0 heterocycles. The molecule has 2 aromatic carbocycles. The fraction of sp³-hybridized carbons (Fsp3) is 0.300. The second kappa shape index (κ2) is 7.99. The number of benzene rings is 2. The molecule has 0 radical (unpaired) electrons. The van der Waals surface area contributed by atoms with Crippen LogP contribution in [0.1, 0.15) is 37.9 Å². The Morgan fingerprint density at radius 3 is 2.42 bits per heavy atom. The Morgan fingerprint density at radius 1 is 1.19 bits per heavy atom. The normalized spacial score (nSPS) is 12.3. The molecule has 1 atom stereocenters. The van der Waals surface area contributed by atoms with Gasteiger partial charge in [-0.15, -0.1) is 0 Å². The van der Waals surface area contributed by atoms with Crippen molar-refractivity contribution in [2.45, 2.75) is 32.2 Å². The Bertz CT molecular complexity index is 787. The van der Waals surface area contributed by atoms with Gasteiger partial charge in [0.05, 0.1) is 11.5 Å². The fourth-order valence-corrected chi connectivity index (χ4v) is 2.47. The molecule has 1 amide bonds. The summed E-state index contributed by atoms with van der Waals surface area (Å²) in [5, 5.41) is 11.5. The summed E-state index contributed by atoms with van der Waals surface area (Å²) < 4.78 is 18.5. The Kier molecular flexibility index (Phi) is 5.97. The van der Waals surface area contributed by atoms with Gasteiger partial charge in [0.2, 0.25) is 5.91 Å². The Morgan fingerprint density at radius 2 is 1.85 bits per heavy atom. The lowest BCUT2D eigenvalue weighted by Crippen LogP contribution is -2.41. The van der Waals surface area contributed by atoms with E-state index >= 15 is 0 Å². The second-order valence-corrected chi connectivity index (χ2v) is 6.58. The highest BCUT2D eigenvalue weighted by Gasteiger charge is 2.31. The molecule has 5 nitrogen and oxygen atoms in total.